The third kappa shape index (κ3) is 3.10. The van der Waals surface area contributed by atoms with Gasteiger partial charge in [-0.25, -0.2) is 4.39 Å². The lowest BCUT2D eigenvalue weighted by atomic mass is 10.1. The third-order valence-electron chi connectivity index (χ3n) is 3.47. The number of nitrogens with one attached hydrogen (secondary N) is 1. The van der Waals surface area contributed by atoms with Gasteiger partial charge in [0.25, 0.3) is 5.91 Å². The molecule has 0 aliphatic carbocycles. The van der Waals surface area contributed by atoms with E-state index >= 15 is 0 Å². The molecule has 24 heavy (non-hydrogen) atoms. The van der Waals surface area contributed by atoms with E-state index in [0.717, 1.165) is 16.8 Å². The molecular formula is C17H16FN5O. The largest absolute Gasteiger partial charge is 0.382 e. The summed E-state index contributed by atoms with van der Waals surface area (Å²) in [5.41, 5.74) is 9.33. The second-order valence-electron chi connectivity index (χ2n) is 5.54. The van der Waals surface area contributed by atoms with Crippen molar-refractivity contribution in [3.63, 3.8) is 0 Å². The number of aryl methyl sites for hydroxylation is 2. The van der Waals surface area contributed by atoms with E-state index in [1.807, 2.05) is 32.0 Å². The van der Waals surface area contributed by atoms with E-state index in [4.69, 9.17) is 5.73 Å². The summed E-state index contributed by atoms with van der Waals surface area (Å²) >= 11 is 0. The van der Waals surface area contributed by atoms with Crippen molar-refractivity contribution < 1.29 is 9.18 Å². The van der Waals surface area contributed by atoms with Crippen LogP contribution in [0.25, 0.3) is 5.69 Å². The monoisotopic (exact) mass is 325 g/mol. The molecule has 2 aromatic carbocycles. The van der Waals surface area contributed by atoms with Gasteiger partial charge in [0, 0.05) is 5.69 Å². The van der Waals surface area contributed by atoms with Crippen molar-refractivity contribution in [1.29, 1.82) is 0 Å². The Hall–Kier alpha value is -3.22. The SMILES string of the molecule is Cc1cc(C)cc(-n2nnc(C(=O)Nc3ccc(F)cc3)c2N)c1. The van der Waals surface area contributed by atoms with Crippen LogP contribution in [-0.2, 0) is 0 Å². The van der Waals surface area contributed by atoms with Crippen LogP contribution in [0.1, 0.15) is 21.6 Å². The van der Waals surface area contributed by atoms with Gasteiger partial charge in [-0.2, -0.15) is 4.68 Å². The lowest BCUT2D eigenvalue weighted by Crippen LogP contribution is -2.15. The van der Waals surface area contributed by atoms with Gasteiger partial charge in [-0.05, 0) is 61.4 Å². The molecule has 0 fully saturated rings. The summed E-state index contributed by atoms with van der Waals surface area (Å²) < 4.78 is 14.3. The molecule has 3 rings (SSSR count). The Morgan fingerprint density at radius 3 is 2.38 bits per heavy atom. The van der Waals surface area contributed by atoms with Crippen LogP contribution < -0.4 is 11.1 Å². The molecule has 0 unspecified atom stereocenters. The van der Waals surface area contributed by atoms with Crippen molar-refractivity contribution in [1.82, 2.24) is 15.0 Å². The Kier molecular flexibility index (Phi) is 3.99. The second-order valence-corrected chi connectivity index (χ2v) is 5.54. The summed E-state index contributed by atoms with van der Waals surface area (Å²) in [6.45, 7) is 3.93. The highest BCUT2D eigenvalue weighted by Gasteiger charge is 2.18. The molecular weight excluding hydrogens is 309 g/mol. The number of halogens is 1. The van der Waals surface area contributed by atoms with Crippen LogP contribution in [0, 0.1) is 19.7 Å². The van der Waals surface area contributed by atoms with Gasteiger partial charge in [-0.15, -0.1) is 5.10 Å². The number of hydrogen-bond acceptors (Lipinski definition) is 4. The van der Waals surface area contributed by atoms with Gasteiger partial charge in [-0.1, -0.05) is 11.3 Å². The summed E-state index contributed by atoms with van der Waals surface area (Å²) in [5, 5.41) is 10.4. The maximum atomic E-state index is 12.9. The number of nitrogens with zero attached hydrogens (tertiary/aromatic N) is 3. The molecule has 7 heteroatoms. The van der Waals surface area contributed by atoms with E-state index in [-0.39, 0.29) is 17.3 Å². The summed E-state index contributed by atoms with van der Waals surface area (Å²) in [6, 6.07) is 11.3. The molecule has 3 N–H and O–H groups in total. The number of carbonyl (C=O) groups excluding carboxylic acids is 1. The highest BCUT2D eigenvalue weighted by molar-refractivity contribution is 6.05. The predicted octanol–water partition coefficient (Wildman–Crippen LogP) is 2.86. The molecule has 0 bridgehead atoms. The number of nitrogen functional groups attached to an aromatic ring is 1. The van der Waals surface area contributed by atoms with Gasteiger partial charge in [-0.3, -0.25) is 4.79 Å². The maximum absolute atomic E-state index is 12.9. The van der Waals surface area contributed by atoms with E-state index < -0.39 is 5.91 Å². The smallest absolute Gasteiger partial charge is 0.280 e. The zero-order valence-electron chi connectivity index (χ0n) is 13.2. The van der Waals surface area contributed by atoms with Gasteiger partial charge >= 0.3 is 0 Å². The molecule has 0 spiro atoms. The first-order valence-electron chi connectivity index (χ1n) is 7.31. The van der Waals surface area contributed by atoms with Crippen LogP contribution in [0.2, 0.25) is 0 Å². The molecule has 0 atom stereocenters. The third-order valence-corrected chi connectivity index (χ3v) is 3.47. The lowest BCUT2D eigenvalue weighted by Gasteiger charge is -2.07. The molecule has 0 aliphatic heterocycles. The standard InChI is InChI=1S/C17H16FN5O/c1-10-7-11(2)9-14(8-10)23-16(19)15(21-22-23)17(24)20-13-5-3-12(18)4-6-13/h3-9H,19H2,1-2H3,(H,20,24). The Morgan fingerprint density at radius 1 is 1.12 bits per heavy atom. The maximum Gasteiger partial charge on any atom is 0.280 e. The molecule has 1 aromatic heterocycles. The van der Waals surface area contributed by atoms with Gasteiger partial charge in [0.15, 0.2) is 11.5 Å². The first-order valence-corrected chi connectivity index (χ1v) is 7.31. The Bertz CT molecular complexity index is 882. The predicted molar refractivity (Wildman–Crippen MR) is 89.6 cm³/mol. The number of nitrogens with two attached hydrogens (primary N) is 1. The number of benzene rings is 2. The zero-order chi connectivity index (χ0) is 17.3. The number of amides is 1. The Labute approximate surface area is 138 Å². The summed E-state index contributed by atoms with van der Waals surface area (Å²) in [5.74, 6) is -0.748. The van der Waals surface area contributed by atoms with Gasteiger partial charge in [0.1, 0.15) is 5.82 Å². The topological polar surface area (TPSA) is 85.8 Å². The fraction of sp³-hybridized carbons (Fsp3) is 0.118. The number of aromatic nitrogens is 3. The highest BCUT2D eigenvalue weighted by Crippen LogP contribution is 2.19. The average molecular weight is 325 g/mol. The zero-order valence-corrected chi connectivity index (χ0v) is 13.2. The molecule has 0 saturated heterocycles. The van der Waals surface area contributed by atoms with Crippen LogP contribution in [0.3, 0.4) is 0 Å². The molecule has 0 saturated carbocycles. The van der Waals surface area contributed by atoms with E-state index in [9.17, 15) is 9.18 Å². The van der Waals surface area contributed by atoms with Crippen LogP contribution in [-0.4, -0.2) is 20.9 Å². The fourth-order valence-corrected chi connectivity index (χ4v) is 2.44. The molecule has 0 aliphatic rings. The van der Waals surface area contributed by atoms with Crippen molar-refractivity contribution in [2.45, 2.75) is 13.8 Å². The fourth-order valence-electron chi connectivity index (χ4n) is 2.44. The van der Waals surface area contributed by atoms with Crippen molar-refractivity contribution in [3.8, 4) is 5.69 Å². The van der Waals surface area contributed by atoms with E-state index in [1.54, 1.807) is 0 Å². The van der Waals surface area contributed by atoms with Crippen molar-refractivity contribution in [2.24, 2.45) is 0 Å². The van der Waals surface area contributed by atoms with Crippen LogP contribution >= 0.6 is 0 Å². The quantitative estimate of drug-likeness (QED) is 0.775. The number of hydrogen-bond donors (Lipinski definition) is 2. The first-order chi connectivity index (χ1) is 11.4. The van der Waals surface area contributed by atoms with Crippen molar-refractivity contribution >= 4 is 17.4 Å². The molecule has 1 amide bonds. The summed E-state index contributed by atoms with van der Waals surface area (Å²) in [4.78, 5) is 12.3. The van der Waals surface area contributed by atoms with Crippen LogP contribution in [0.5, 0.6) is 0 Å². The first kappa shape index (κ1) is 15.7. The van der Waals surface area contributed by atoms with E-state index in [0.29, 0.717) is 5.69 Å². The minimum absolute atomic E-state index is 0.0125. The van der Waals surface area contributed by atoms with Crippen LogP contribution in [0.15, 0.2) is 42.5 Å². The number of anilines is 2. The molecule has 0 radical (unpaired) electrons. The molecule has 3 aromatic rings. The lowest BCUT2D eigenvalue weighted by molar-refractivity contribution is 0.102. The minimum atomic E-state index is -0.505. The molecule has 122 valence electrons. The highest BCUT2D eigenvalue weighted by atomic mass is 19.1. The van der Waals surface area contributed by atoms with Crippen molar-refractivity contribution in [3.05, 3.63) is 65.1 Å². The van der Waals surface area contributed by atoms with E-state index in [1.165, 1.54) is 28.9 Å². The van der Waals surface area contributed by atoms with Crippen molar-refractivity contribution in [2.75, 3.05) is 11.1 Å². The Balaban J connectivity index is 1.89. The number of carbonyl (C=O) groups is 1. The van der Waals surface area contributed by atoms with Gasteiger partial charge in [0.2, 0.25) is 0 Å². The van der Waals surface area contributed by atoms with Gasteiger partial charge in [0.05, 0.1) is 5.69 Å². The minimum Gasteiger partial charge on any atom is -0.382 e. The molecule has 6 nitrogen and oxygen atoms in total. The summed E-state index contributed by atoms with van der Waals surface area (Å²) in [7, 11) is 0. The number of rotatable bonds is 3. The van der Waals surface area contributed by atoms with Gasteiger partial charge < -0.3 is 11.1 Å². The van der Waals surface area contributed by atoms with Crippen LogP contribution in [0.4, 0.5) is 15.9 Å². The second kappa shape index (κ2) is 6.11. The van der Waals surface area contributed by atoms with E-state index in [2.05, 4.69) is 15.6 Å². The molecule has 1 heterocycles. The normalized spacial score (nSPS) is 10.6. The average Bonchev–Trinajstić information content (AvgIpc) is 2.90. The Morgan fingerprint density at radius 2 is 1.75 bits per heavy atom. The summed E-state index contributed by atoms with van der Waals surface area (Å²) in [6.07, 6.45) is 0.